The van der Waals surface area contributed by atoms with Crippen molar-refractivity contribution in [3.05, 3.63) is 64.7 Å². The predicted molar refractivity (Wildman–Crippen MR) is 135 cm³/mol. The number of rotatable bonds is 6. The van der Waals surface area contributed by atoms with E-state index in [1.807, 2.05) is 13.8 Å². The van der Waals surface area contributed by atoms with Crippen LogP contribution in [0, 0.1) is 10.8 Å². The fraction of sp³-hybridized carbons (Fsp3) is 0.423. The summed E-state index contributed by atoms with van der Waals surface area (Å²) in [6.07, 6.45) is 10.9. The molecule has 2 aliphatic rings. The Morgan fingerprint density at radius 1 is 1.23 bits per heavy atom. The van der Waals surface area contributed by atoms with Crippen molar-refractivity contribution >= 4 is 23.5 Å². The molecule has 4 N–H and O–H groups in total. The molecule has 9 nitrogen and oxygen atoms in total. The molecule has 1 aromatic rings. The van der Waals surface area contributed by atoms with Gasteiger partial charge in [-0.1, -0.05) is 18.2 Å². The maximum atomic E-state index is 12.8. The first-order valence-electron chi connectivity index (χ1n) is 11.8. The van der Waals surface area contributed by atoms with Crippen molar-refractivity contribution in [2.24, 2.45) is 0 Å². The number of nitrogens with zero attached hydrogens (tertiary/aromatic N) is 3. The Bertz CT molecular complexity index is 1130. The zero-order valence-electron chi connectivity index (χ0n) is 20.8. The normalized spacial score (nSPS) is 17.1. The lowest BCUT2D eigenvalue weighted by atomic mass is 9.99. The molecule has 1 saturated heterocycles. The van der Waals surface area contributed by atoms with E-state index in [1.54, 1.807) is 46.4 Å². The van der Waals surface area contributed by atoms with Gasteiger partial charge in [-0.2, -0.15) is 0 Å². The number of fused-ring (bicyclic) bond motifs is 1. The molecule has 2 aliphatic heterocycles. The van der Waals surface area contributed by atoms with Gasteiger partial charge in [0, 0.05) is 37.9 Å². The van der Waals surface area contributed by atoms with Gasteiger partial charge in [0.15, 0.2) is 0 Å². The smallest absolute Gasteiger partial charge is 0.274 e. The molecular weight excluding hydrogens is 444 g/mol. The maximum absolute atomic E-state index is 12.8. The van der Waals surface area contributed by atoms with Crippen molar-refractivity contribution < 1.29 is 14.7 Å². The van der Waals surface area contributed by atoms with E-state index in [-0.39, 0.29) is 17.5 Å². The Hall–Kier alpha value is -3.59. The van der Waals surface area contributed by atoms with Gasteiger partial charge in [-0.05, 0) is 69.4 Å². The van der Waals surface area contributed by atoms with Crippen molar-refractivity contribution in [3.63, 3.8) is 0 Å². The molecule has 0 unspecified atom stereocenters. The third-order valence-corrected chi connectivity index (χ3v) is 6.09. The maximum Gasteiger partial charge on any atom is 0.274 e. The van der Waals surface area contributed by atoms with Crippen LogP contribution in [0.1, 0.15) is 62.2 Å². The minimum atomic E-state index is -1.45. The summed E-state index contributed by atoms with van der Waals surface area (Å²) in [5.74, 6) is 0.0811. The summed E-state index contributed by atoms with van der Waals surface area (Å²) in [6.45, 7) is 8.10. The quantitative estimate of drug-likeness (QED) is 0.283. The molecule has 3 rings (SSSR count). The summed E-state index contributed by atoms with van der Waals surface area (Å²) in [4.78, 5) is 32.9. The Morgan fingerprint density at radius 2 is 1.97 bits per heavy atom. The standard InChI is InChI=1S/C26H34N6O3/c1-5-20(9-6-8-17(2)23(28)32-12-7-10-22(32)27)30-24(33)21-14-19-16-31(25(34)26(3,4)35)13-11-18(19)15-29-21/h5-6,8-9,14-15,27-28,35H,7,10-13,16H2,1-4H3,(H,30,33)/b9-6-,17-8+,20-5-,27-22?,28-23?. The largest absolute Gasteiger partial charge is 0.381 e. The number of pyridine rings is 1. The van der Waals surface area contributed by atoms with Gasteiger partial charge in [-0.3, -0.25) is 25.4 Å². The van der Waals surface area contributed by atoms with Crippen LogP contribution < -0.4 is 5.32 Å². The van der Waals surface area contributed by atoms with Crippen LogP contribution in [0.3, 0.4) is 0 Å². The zero-order chi connectivity index (χ0) is 25.8. The zero-order valence-corrected chi connectivity index (χ0v) is 20.8. The summed E-state index contributed by atoms with van der Waals surface area (Å²) in [5, 5.41) is 29.1. The number of carbonyl (C=O) groups excluding carboxylic acids is 2. The minimum absolute atomic E-state index is 0.245. The molecule has 35 heavy (non-hydrogen) atoms. The fourth-order valence-electron chi connectivity index (χ4n) is 4.04. The third-order valence-electron chi connectivity index (χ3n) is 6.09. The van der Waals surface area contributed by atoms with E-state index >= 15 is 0 Å². The van der Waals surface area contributed by atoms with Gasteiger partial charge in [0.25, 0.3) is 11.8 Å². The second kappa shape index (κ2) is 10.8. The number of hydrogen-bond acceptors (Lipinski definition) is 6. The summed E-state index contributed by atoms with van der Waals surface area (Å²) in [7, 11) is 0. The SMILES string of the molecule is C/C=C(/C=C\C=C(/C)C(=N)N1CCCC1=N)NC(=O)c1cc2c(cn1)CCN(C(=O)C(C)(C)O)C2. The monoisotopic (exact) mass is 478 g/mol. The predicted octanol–water partition coefficient (Wildman–Crippen LogP) is 2.92. The number of hydrogen-bond donors (Lipinski definition) is 4. The van der Waals surface area contributed by atoms with Gasteiger partial charge in [0.05, 0.1) is 0 Å². The first-order chi connectivity index (χ1) is 16.5. The van der Waals surface area contributed by atoms with Gasteiger partial charge in [0.1, 0.15) is 23.0 Å². The molecule has 0 spiro atoms. The van der Waals surface area contributed by atoms with E-state index in [4.69, 9.17) is 10.8 Å². The molecule has 0 aromatic carbocycles. The molecule has 3 heterocycles. The van der Waals surface area contributed by atoms with Crippen LogP contribution >= 0.6 is 0 Å². The van der Waals surface area contributed by atoms with Crippen LogP contribution in [-0.2, 0) is 17.8 Å². The summed E-state index contributed by atoms with van der Waals surface area (Å²) in [5.41, 5.74) is 1.95. The highest BCUT2D eigenvalue weighted by Crippen LogP contribution is 2.22. The Morgan fingerprint density at radius 3 is 2.60 bits per heavy atom. The summed E-state index contributed by atoms with van der Waals surface area (Å²) < 4.78 is 0. The van der Waals surface area contributed by atoms with Crippen LogP contribution in [0.25, 0.3) is 0 Å². The average molecular weight is 479 g/mol. The highest BCUT2D eigenvalue weighted by molar-refractivity contribution is 6.07. The highest BCUT2D eigenvalue weighted by atomic mass is 16.3. The molecule has 1 fully saturated rings. The van der Waals surface area contributed by atoms with Crippen molar-refractivity contribution in [2.45, 2.75) is 59.1 Å². The van der Waals surface area contributed by atoms with Crippen molar-refractivity contribution in [1.82, 2.24) is 20.1 Å². The Balaban J connectivity index is 1.65. The van der Waals surface area contributed by atoms with E-state index in [2.05, 4.69) is 10.3 Å². The number of carbonyl (C=O) groups is 2. The van der Waals surface area contributed by atoms with E-state index in [0.717, 1.165) is 23.1 Å². The average Bonchev–Trinajstić information content (AvgIpc) is 3.26. The Kier molecular flexibility index (Phi) is 8.01. The molecule has 9 heteroatoms. The molecule has 0 atom stereocenters. The second-order valence-corrected chi connectivity index (χ2v) is 9.33. The molecule has 1 aromatic heterocycles. The Labute approximate surface area is 206 Å². The van der Waals surface area contributed by atoms with Crippen LogP contribution in [0.15, 0.2) is 47.8 Å². The van der Waals surface area contributed by atoms with Crippen molar-refractivity contribution in [3.8, 4) is 0 Å². The number of aromatic nitrogens is 1. The van der Waals surface area contributed by atoms with Gasteiger partial charge >= 0.3 is 0 Å². The van der Waals surface area contributed by atoms with E-state index in [1.165, 1.54) is 13.8 Å². The van der Waals surface area contributed by atoms with Crippen LogP contribution in [0.2, 0.25) is 0 Å². The van der Waals surface area contributed by atoms with Crippen LogP contribution in [-0.4, -0.2) is 62.1 Å². The lowest BCUT2D eigenvalue weighted by Crippen LogP contribution is -2.47. The number of allylic oxidation sites excluding steroid dienone is 4. The molecule has 0 aliphatic carbocycles. The minimum Gasteiger partial charge on any atom is -0.381 e. The van der Waals surface area contributed by atoms with Crippen LogP contribution in [0.4, 0.5) is 0 Å². The van der Waals surface area contributed by atoms with E-state index < -0.39 is 5.60 Å². The molecule has 0 bridgehead atoms. The first kappa shape index (κ1) is 26.0. The molecule has 0 saturated carbocycles. The number of likely N-dealkylation sites (tertiary alicyclic amines) is 1. The fourth-order valence-corrected chi connectivity index (χ4v) is 4.04. The van der Waals surface area contributed by atoms with E-state index in [9.17, 15) is 14.7 Å². The van der Waals surface area contributed by atoms with Crippen LogP contribution in [0.5, 0.6) is 0 Å². The van der Waals surface area contributed by atoms with E-state index in [0.29, 0.717) is 49.8 Å². The van der Waals surface area contributed by atoms with Crippen molar-refractivity contribution in [2.75, 3.05) is 13.1 Å². The second-order valence-electron chi connectivity index (χ2n) is 9.33. The van der Waals surface area contributed by atoms with Gasteiger partial charge in [-0.15, -0.1) is 0 Å². The number of aliphatic hydroxyl groups is 1. The number of nitrogens with one attached hydrogen (secondary N) is 3. The lowest BCUT2D eigenvalue weighted by molar-refractivity contribution is -0.148. The first-order valence-corrected chi connectivity index (χ1v) is 11.8. The molecule has 186 valence electrons. The van der Waals surface area contributed by atoms with Gasteiger partial charge in [0.2, 0.25) is 0 Å². The number of amidine groups is 2. The van der Waals surface area contributed by atoms with Crippen molar-refractivity contribution in [1.29, 1.82) is 10.8 Å². The molecule has 0 radical (unpaired) electrons. The molecule has 2 amide bonds. The summed E-state index contributed by atoms with van der Waals surface area (Å²) >= 11 is 0. The third kappa shape index (κ3) is 6.30. The highest BCUT2D eigenvalue weighted by Gasteiger charge is 2.31. The number of amides is 2. The van der Waals surface area contributed by atoms with Gasteiger partial charge < -0.3 is 20.2 Å². The van der Waals surface area contributed by atoms with Gasteiger partial charge in [-0.25, -0.2) is 0 Å². The molecular formula is C26H34N6O3. The topological polar surface area (TPSA) is 133 Å². The summed E-state index contributed by atoms with van der Waals surface area (Å²) in [6, 6.07) is 1.70. The lowest BCUT2D eigenvalue weighted by Gasteiger charge is -2.32.